The van der Waals surface area contributed by atoms with Crippen LogP contribution in [0.5, 0.6) is 0 Å². The molecule has 0 aliphatic rings. The minimum Gasteiger partial charge on any atom is -0.355 e. The molecule has 7 nitrogen and oxygen atoms in total. The number of hydrogen-bond acceptors (Lipinski definition) is 3. The molecule has 0 saturated carbocycles. The highest BCUT2D eigenvalue weighted by atomic mass is 35.5. The summed E-state index contributed by atoms with van der Waals surface area (Å²) in [5.41, 5.74) is 12.4. The van der Waals surface area contributed by atoms with Crippen LogP contribution in [0, 0.1) is 0 Å². The average Bonchev–Trinajstić information content (AvgIpc) is 3.05. The quantitative estimate of drug-likeness (QED) is 0.387. The molecule has 1 aromatic heterocycles. The number of rotatable bonds is 6. The molecule has 0 bridgehead atoms. The van der Waals surface area contributed by atoms with Crippen LogP contribution in [0.1, 0.15) is 28.7 Å². The number of amides is 1. The number of nitrogens with zero attached hydrogens (tertiary/aromatic N) is 5. The van der Waals surface area contributed by atoms with Crippen LogP contribution in [0.3, 0.4) is 0 Å². The molecule has 0 radical (unpaired) electrons. The number of carbonyl (C=O) groups excluding carboxylic acids is 1. The van der Waals surface area contributed by atoms with Crippen LogP contribution < -0.4 is 5.32 Å². The lowest BCUT2D eigenvalue weighted by molar-refractivity contribution is 0.0963. The Balaban J connectivity index is 2.06. The van der Waals surface area contributed by atoms with Crippen molar-refractivity contribution in [2.24, 2.45) is 5.11 Å². The van der Waals surface area contributed by atoms with Gasteiger partial charge < -0.3 is 5.32 Å². The predicted molar refractivity (Wildman–Crippen MR) is 107 cm³/mol. The van der Waals surface area contributed by atoms with E-state index in [4.69, 9.17) is 17.1 Å². The number of halogens is 1. The molecule has 0 unspecified atom stereocenters. The highest BCUT2D eigenvalue weighted by Gasteiger charge is 2.16. The highest BCUT2D eigenvalue weighted by Crippen LogP contribution is 2.28. The third-order valence-electron chi connectivity index (χ3n) is 4.36. The van der Waals surface area contributed by atoms with E-state index < -0.39 is 0 Å². The smallest absolute Gasteiger partial charge is 0.252 e. The van der Waals surface area contributed by atoms with Crippen molar-refractivity contribution in [3.05, 3.63) is 68.8 Å². The standard InChI is InChI=1S/C19H19ClN6O/c1-3-18-24-16-10-14(19(27)22-2)15(20)11-17(16)26(18)13-6-4-12(5-7-13)8-9-23-25-21/h4-7,10-11H,3,8-9H2,1-2H3,(H,22,27). The van der Waals surface area contributed by atoms with Gasteiger partial charge in [0.05, 0.1) is 21.6 Å². The lowest BCUT2D eigenvalue weighted by atomic mass is 10.1. The number of imidazole rings is 1. The van der Waals surface area contributed by atoms with E-state index in [1.807, 2.05) is 35.8 Å². The first kappa shape index (κ1) is 18.8. The summed E-state index contributed by atoms with van der Waals surface area (Å²) in [6.07, 6.45) is 1.43. The summed E-state index contributed by atoms with van der Waals surface area (Å²) in [6.45, 7) is 2.47. The molecular formula is C19H19ClN6O. The van der Waals surface area contributed by atoms with Crippen LogP contribution in [0.25, 0.3) is 27.2 Å². The Labute approximate surface area is 161 Å². The first-order valence-electron chi connectivity index (χ1n) is 8.62. The number of nitrogens with one attached hydrogen (secondary N) is 1. The van der Waals surface area contributed by atoms with E-state index in [-0.39, 0.29) is 5.91 Å². The van der Waals surface area contributed by atoms with Crippen LogP contribution in [-0.4, -0.2) is 29.1 Å². The SMILES string of the molecule is CCc1nc2cc(C(=O)NC)c(Cl)cc2n1-c1ccc(CCN=[N+]=[N-])cc1. The van der Waals surface area contributed by atoms with Crippen molar-refractivity contribution in [1.82, 2.24) is 14.9 Å². The van der Waals surface area contributed by atoms with Gasteiger partial charge in [0.15, 0.2) is 0 Å². The molecule has 0 aliphatic heterocycles. The summed E-state index contributed by atoms with van der Waals surface area (Å²) in [6, 6.07) is 11.5. The Bertz CT molecular complexity index is 1030. The van der Waals surface area contributed by atoms with E-state index in [2.05, 4.69) is 20.3 Å². The second-order valence-corrected chi connectivity index (χ2v) is 6.40. The molecule has 138 valence electrons. The van der Waals surface area contributed by atoms with Crippen molar-refractivity contribution in [3.8, 4) is 5.69 Å². The first-order valence-corrected chi connectivity index (χ1v) is 9.00. The van der Waals surface area contributed by atoms with Crippen molar-refractivity contribution in [3.63, 3.8) is 0 Å². The van der Waals surface area contributed by atoms with E-state index in [1.165, 1.54) is 0 Å². The van der Waals surface area contributed by atoms with Gasteiger partial charge >= 0.3 is 0 Å². The minimum absolute atomic E-state index is 0.237. The molecule has 0 aliphatic carbocycles. The highest BCUT2D eigenvalue weighted by molar-refractivity contribution is 6.34. The van der Waals surface area contributed by atoms with E-state index >= 15 is 0 Å². The van der Waals surface area contributed by atoms with Gasteiger partial charge in [0.1, 0.15) is 5.82 Å². The zero-order valence-electron chi connectivity index (χ0n) is 15.1. The Kier molecular flexibility index (Phi) is 5.64. The van der Waals surface area contributed by atoms with Crippen molar-refractivity contribution < 1.29 is 4.79 Å². The number of aromatic nitrogens is 2. The van der Waals surface area contributed by atoms with E-state index in [1.54, 1.807) is 19.2 Å². The van der Waals surface area contributed by atoms with E-state index in [0.717, 1.165) is 34.5 Å². The lowest BCUT2D eigenvalue weighted by Gasteiger charge is -2.10. The summed E-state index contributed by atoms with van der Waals surface area (Å²) in [4.78, 5) is 19.4. The van der Waals surface area contributed by atoms with Gasteiger partial charge in [-0.15, -0.1) is 0 Å². The third kappa shape index (κ3) is 3.74. The Morgan fingerprint density at radius 3 is 2.70 bits per heavy atom. The van der Waals surface area contributed by atoms with Crippen molar-refractivity contribution in [2.45, 2.75) is 19.8 Å². The molecule has 0 spiro atoms. The largest absolute Gasteiger partial charge is 0.355 e. The maximum absolute atomic E-state index is 12.0. The molecule has 3 aromatic rings. The number of fused-ring (bicyclic) bond motifs is 1. The van der Waals surface area contributed by atoms with Gasteiger partial charge in [-0.3, -0.25) is 9.36 Å². The number of hydrogen-bond donors (Lipinski definition) is 1. The first-order chi connectivity index (χ1) is 13.1. The molecule has 2 aromatic carbocycles. The second-order valence-electron chi connectivity index (χ2n) is 5.99. The monoisotopic (exact) mass is 382 g/mol. The van der Waals surface area contributed by atoms with Crippen LogP contribution in [0.15, 0.2) is 41.5 Å². The maximum Gasteiger partial charge on any atom is 0.252 e. The fourth-order valence-electron chi connectivity index (χ4n) is 3.02. The van der Waals surface area contributed by atoms with Crippen LogP contribution in [-0.2, 0) is 12.8 Å². The molecule has 8 heteroatoms. The molecule has 0 saturated heterocycles. The number of benzene rings is 2. The topological polar surface area (TPSA) is 95.7 Å². The van der Waals surface area contributed by atoms with Gasteiger partial charge in [-0.25, -0.2) is 4.98 Å². The predicted octanol–water partition coefficient (Wildman–Crippen LogP) is 4.45. The van der Waals surface area contributed by atoms with E-state index in [0.29, 0.717) is 23.6 Å². The molecule has 0 atom stereocenters. The fraction of sp³-hybridized carbons (Fsp3) is 0.263. The van der Waals surface area contributed by atoms with Crippen LogP contribution in [0.4, 0.5) is 0 Å². The summed E-state index contributed by atoms with van der Waals surface area (Å²) in [7, 11) is 1.57. The van der Waals surface area contributed by atoms with Gasteiger partial charge in [0.25, 0.3) is 5.91 Å². The Morgan fingerprint density at radius 2 is 2.07 bits per heavy atom. The van der Waals surface area contributed by atoms with Crippen molar-refractivity contribution >= 4 is 28.5 Å². The van der Waals surface area contributed by atoms with Gasteiger partial charge in [-0.1, -0.05) is 35.8 Å². The Hall–Kier alpha value is -3.02. The fourth-order valence-corrected chi connectivity index (χ4v) is 3.26. The van der Waals surface area contributed by atoms with Crippen molar-refractivity contribution in [1.29, 1.82) is 0 Å². The second kappa shape index (κ2) is 8.12. The van der Waals surface area contributed by atoms with Gasteiger partial charge in [0.2, 0.25) is 0 Å². The van der Waals surface area contributed by atoms with E-state index in [9.17, 15) is 4.79 Å². The molecule has 1 amide bonds. The molecule has 1 N–H and O–H groups in total. The average molecular weight is 383 g/mol. The molecule has 3 rings (SSSR count). The molecular weight excluding hydrogens is 364 g/mol. The summed E-state index contributed by atoms with van der Waals surface area (Å²) < 4.78 is 2.05. The number of azide groups is 1. The summed E-state index contributed by atoms with van der Waals surface area (Å²) >= 11 is 6.34. The number of carbonyl (C=O) groups is 1. The van der Waals surface area contributed by atoms with Crippen molar-refractivity contribution in [2.75, 3.05) is 13.6 Å². The van der Waals surface area contributed by atoms with Gasteiger partial charge in [0, 0.05) is 30.6 Å². The normalized spacial score (nSPS) is 10.6. The van der Waals surface area contributed by atoms with Gasteiger partial charge in [-0.2, -0.15) is 0 Å². The lowest BCUT2D eigenvalue weighted by Crippen LogP contribution is -2.18. The minimum atomic E-state index is -0.237. The number of aryl methyl sites for hydroxylation is 1. The Morgan fingerprint density at radius 1 is 1.33 bits per heavy atom. The molecule has 27 heavy (non-hydrogen) atoms. The third-order valence-corrected chi connectivity index (χ3v) is 4.67. The molecule has 1 heterocycles. The van der Waals surface area contributed by atoms with Gasteiger partial charge in [-0.05, 0) is 41.8 Å². The zero-order chi connectivity index (χ0) is 19.4. The van der Waals surface area contributed by atoms with Crippen LogP contribution in [0.2, 0.25) is 5.02 Å². The zero-order valence-corrected chi connectivity index (χ0v) is 15.9. The molecule has 0 fully saturated rings. The maximum atomic E-state index is 12.0. The summed E-state index contributed by atoms with van der Waals surface area (Å²) in [5.74, 6) is 0.649. The van der Waals surface area contributed by atoms with Crippen LogP contribution >= 0.6 is 11.6 Å². The summed E-state index contributed by atoms with van der Waals surface area (Å²) in [5, 5.41) is 6.54.